The van der Waals surface area contributed by atoms with Gasteiger partial charge in [0.05, 0.1) is 24.7 Å². The van der Waals surface area contributed by atoms with Crippen LogP contribution in [0.2, 0.25) is 0 Å². The molecule has 0 spiro atoms. The Morgan fingerprint density at radius 3 is 2.62 bits per heavy atom. The molecule has 3 aromatic rings. The van der Waals surface area contributed by atoms with Crippen LogP contribution in [0.3, 0.4) is 0 Å². The average molecular weight is 475 g/mol. The van der Waals surface area contributed by atoms with Crippen LogP contribution in [0.1, 0.15) is 27.3 Å². The van der Waals surface area contributed by atoms with Crippen molar-refractivity contribution in [2.75, 3.05) is 30.4 Å². The van der Waals surface area contributed by atoms with Gasteiger partial charge in [-0.15, -0.1) is 10.2 Å². The number of methoxy groups -OCH3 is 2. The van der Waals surface area contributed by atoms with Gasteiger partial charge in [-0.05, 0) is 55.7 Å². The molecule has 1 aliphatic rings. The number of aromatic nitrogens is 2. The van der Waals surface area contributed by atoms with Crippen LogP contribution in [-0.4, -0.2) is 45.3 Å². The summed E-state index contributed by atoms with van der Waals surface area (Å²) in [7, 11) is -0.776. The smallest absolute Gasteiger partial charge is 0.263 e. The summed E-state index contributed by atoms with van der Waals surface area (Å²) in [5, 5.41) is 8.52. The fourth-order valence-electron chi connectivity index (χ4n) is 3.58. The molecule has 0 radical (unpaired) electrons. The maximum absolute atomic E-state index is 13.3. The molecular formula is C21H22N4O5S2. The van der Waals surface area contributed by atoms with E-state index in [0.717, 1.165) is 16.9 Å². The number of carbonyl (C=O) groups excluding carboxylic acids is 1. The highest BCUT2D eigenvalue weighted by Crippen LogP contribution is 2.33. The van der Waals surface area contributed by atoms with Crippen LogP contribution in [0.15, 0.2) is 41.3 Å². The van der Waals surface area contributed by atoms with Gasteiger partial charge >= 0.3 is 0 Å². The Bertz CT molecular complexity index is 1270. The lowest BCUT2D eigenvalue weighted by atomic mass is 10.0. The molecule has 1 amide bonds. The number of ether oxygens (including phenoxy) is 2. The molecule has 1 aliphatic heterocycles. The van der Waals surface area contributed by atoms with Gasteiger partial charge in [0.25, 0.3) is 15.9 Å². The van der Waals surface area contributed by atoms with Crippen molar-refractivity contribution in [1.82, 2.24) is 10.2 Å². The van der Waals surface area contributed by atoms with Gasteiger partial charge in [-0.3, -0.25) is 9.52 Å². The quantitative estimate of drug-likeness (QED) is 0.584. The third-order valence-corrected chi connectivity index (χ3v) is 7.33. The fraction of sp³-hybridized carbons (Fsp3) is 0.286. The highest BCUT2D eigenvalue weighted by molar-refractivity contribution is 7.93. The number of hydrogen-bond acceptors (Lipinski definition) is 8. The molecule has 0 unspecified atom stereocenters. The van der Waals surface area contributed by atoms with Crippen molar-refractivity contribution >= 4 is 38.1 Å². The van der Waals surface area contributed by atoms with Gasteiger partial charge < -0.3 is 14.4 Å². The van der Waals surface area contributed by atoms with E-state index in [1.807, 2.05) is 0 Å². The lowest BCUT2D eigenvalue weighted by Gasteiger charge is -2.30. The summed E-state index contributed by atoms with van der Waals surface area (Å²) in [6.45, 7) is 2.27. The molecule has 0 aliphatic carbocycles. The summed E-state index contributed by atoms with van der Waals surface area (Å²) in [6, 6.07) is 9.80. The van der Waals surface area contributed by atoms with Gasteiger partial charge in [0, 0.05) is 18.3 Å². The van der Waals surface area contributed by atoms with E-state index < -0.39 is 10.0 Å². The number of aryl methyl sites for hydroxylation is 2. The normalized spacial score (nSPS) is 13.4. The Hall–Kier alpha value is -3.18. The number of fused-ring (bicyclic) bond motifs is 1. The molecule has 1 N–H and O–H groups in total. The Kier molecular flexibility index (Phi) is 6.02. The third-order valence-electron chi connectivity index (χ3n) is 5.11. The van der Waals surface area contributed by atoms with Crippen LogP contribution in [0.4, 0.5) is 10.8 Å². The minimum atomic E-state index is -3.82. The number of nitrogens with one attached hydrogen (secondary N) is 1. The van der Waals surface area contributed by atoms with Crippen molar-refractivity contribution in [2.45, 2.75) is 24.7 Å². The second kappa shape index (κ2) is 8.75. The molecular weight excluding hydrogens is 452 g/mol. The Balaban J connectivity index is 1.64. The molecule has 9 nitrogen and oxygen atoms in total. The number of benzene rings is 2. The zero-order chi connectivity index (χ0) is 22.9. The first kappa shape index (κ1) is 22.0. The number of anilines is 2. The molecule has 1 aromatic heterocycles. The topological polar surface area (TPSA) is 111 Å². The van der Waals surface area contributed by atoms with Crippen molar-refractivity contribution in [1.29, 1.82) is 0 Å². The molecule has 32 heavy (non-hydrogen) atoms. The van der Waals surface area contributed by atoms with Crippen molar-refractivity contribution in [3.05, 3.63) is 52.5 Å². The van der Waals surface area contributed by atoms with Crippen molar-refractivity contribution in [3.8, 4) is 11.5 Å². The maximum Gasteiger partial charge on any atom is 0.263 e. The Morgan fingerprint density at radius 1 is 1.12 bits per heavy atom. The number of rotatable bonds is 6. The summed E-state index contributed by atoms with van der Waals surface area (Å²) < 4.78 is 38.6. The van der Waals surface area contributed by atoms with Crippen LogP contribution in [0.5, 0.6) is 11.5 Å². The lowest BCUT2D eigenvalue weighted by molar-refractivity contribution is 0.0982. The molecule has 0 fully saturated rings. The van der Waals surface area contributed by atoms with Gasteiger partial charge in [-0.25, -0.2) is 8.42 Å². The third kappa shape index (κ3) is 4.26. The van der Waals surface area contributed by atoms with E-state index in [-0.39, 0.29) is 15.9 Å². The molecule has 0 saturated heterocycles. The molecule has 2 heterocycles. The minimum Gasteiger partial charge on any atom is -0.497 e. The highest BCUT2D eigenvalue weighted by atomic mass is 32.2. The Morgan fingerprint density at radius 2 is 1.94 bits per heavy atom. The zero-order valence-electron chi connectivity index (χ0n) is 17.8. The van der Waals surface area contributed by atoms with E-state index in [9.17, 15) is 13.2 Å². The number of hydrogen-bond donors (Lipinski definition) is 1. The molecule has 0 atom stereocenters. The van der Waals surface area contributed by atoms with Crippen molar-refractivity contribution in [3.63, 3.8) is 0 Å². The second-order valence-electron chi connectivity index (χ2n) is 7.15. The number of carbonyl (C=O) groups is 1. The van der Waals surface area contributed by atoms with Gasteiger partial charge in [0.2, 0.25) is 5.13 Å². The largest absolute Gasteiger partial charge is 0.497 e. The predicted octanol–water partition coefficient (Wildman–Crippen LogP) is 3.26. The summed E-state index contributed by atoms with van der Waals surface area (Å²) in [5.74, 6) is 0.783. The minimum absolute atomic E-state index is 0.112. The monoisotopic (exact) mass is 474 g/mol. The van der Waals surface area contributed by atoms with Crippen LogP contribution < -0.4 is 19.1 Å². The average Bonchev–Trinajstić information content (AvgIpc) is 3.20. The predicted molar refractivity (Wildman–Crippen MR) is 121 cm³/mol. The summed E-state index contributed by atoms with van der Waals surface area (Å²) in [6.07, 6.45) is 1.38. The lowest BCUT2D eigenvalue weighted by Crippen LogP contribution is -2.35. The molecule has 11 heteroatoms. The number of nitrogens with zero attached hydrogens (tertiary/aromatic N) is 3. The zero-order valence-corrected chi connectivity index (χ0v) is 19.4. The SMILES string of the molecule is COc1ccc(C(=O)N2CCCc3cc(S(=O)(=O)Nc4nnc(C)s4)ccc32)c(OC)c1. The van der Waals surface area contributed by atoms with Gasteiger partial charge in [0.1, 0.15) is 16.5 Å². The van der Waals surface area contributed by atoms with Gasteiger partial charge in [-0.2, -0.15) is 0 Å². The van der Waals surface area contributed by atoms with E-state index in [1.165, 1.54) is 13.2 Å². The van der Waals surface area contributed by atoms with Gasteiger partial charge in [0.15, 0.2) is 0 Å². The van der Waals surface area contributed by atoms with Crippen molar-refractivity contribution in [2.24, 2.45) is 0 Å². The van der Waals surface area contributed by atoms with Gasteiger partial charge in [-0.1, -0.05) is 11.3 Å². The summed E-state index contributed by atoms with van der Waals surface area (Å²) in [4.78, 5) is 15.1. The fourth-order valence-corrected chi connectivity index (χ4v) is 5.46. The number of amides is 1. The standard InChI is InChI=1S/C21H22N4O5S2/c1-13-22-23-21(31-13)24-32(27,28)16-7-9-18-14(11-16)5-4-10-25(18)20(26)17-8-6-15(29-2)12-19(17)30-3/h6-9,11-12H,4-5,10H2,1-3H3,(H,23,24). The van der Waals surface area contributed by atoms with E-state index in [4.69, 9.17) is 9.47 Å². The highest BCUT2D eigenvalue weighted by Gasteiger charge is 2.28. The van der Waals surface area contributed by atoms with Crippen LogP contribution >= 0.6 is 11.3 Å². The van der Waals surface area contributed by atoms with E-state index in [2.05, 4.69) is 14.9 Å². The second-order valence-corrected chi connectivity index (χ2v) is 10.0. The molecule has 168 valence electrons. The Labute approximate surface area is 190 Å². The first-order valence-electron chi connectivity index (χ1n) is 9.82. The molecule has 0 bridgehead atoms. The van der Waals surface area contributed by atoms with Crippen molar-refractivity contribution < 1.29 is 22.7 Å². The maximum atomic E-state index is 13.3. The van der Waals surface area contributed by atoms with Crippen LogP contribution in [-0.2, 0) is 16.4 Å². The summed E-state index contributed by atoms with van der Waals surface area (Å²) in [5.41, 5.74) is 1.88. The van der Waals surface area contributed by atoms with Crippen LogP contribution in [0.25, 0.3) is 0 Å². The van der Waals surface area contributed by atoms with E-state index in [0.29, 0.717) is 47.1 Å². The molecule has 0 saturated carbocycles. The first-order chi connectivity index (χ1) is 15.3. The molecule has 4 rings (SSSR count). The van der Waals surface area contributed by atoms with Crippen LogP contribution in [0, 0.1) is 6.92 Å². The molecule has 2 aromatic carbocycles. The van der Waals surface area contributed by atoms with E-state index in [1.54, 1.807) is 49.3 Å². The number of sulfonamides is 1. The first-order valence-corrected chi connectivity index (χ1v) is 12.1. The summed E-state index contributed by atoms with van der Waals surface area (Å²) >= 11 is 1.16. The van der Waals surface area contributed by atoms with E-state index >= 15 is 0 Å².